The summed E-state index contributed by atoms with van der Waals surface area (Å²) in [6.45, 7) is 6.87. The van der Waals surface area contributed by atoms with Gasteiger partial charge in [0.2, 0.25) is 0 Å². The summed E-state index contributed by atoms with van der Waals surface area (Å²) in [7, 11) is 0. The van der Waals surface area contributed by atoms with E-state index in [1.165, 1.54) is 0 Å². The summed E-state index contributed by atoms with van der Waals surface area (Å²) in [6.07, 6.45) is 6.20. The van der Waals surface area contributed by atoms with Crippen LogP contribution in [0.3, 0.4) is 0 Å². The van der Waals surface area contributed by atoms with E-state index in [1.807, 2.05) is 0 Å². The van der Waals surface area contributed by atoms with Crippen molar-refractivity contribution in [3.05, 3.63) is 0 Å². The highest BCUT2D eigenvalue weighted by Crippen LogP contribution is 2.69. The smallest absolute Gasteiger partial charge is 0.306 e. The first kappa shape index (κ1) is 32.3. The molecule has 0 amide bonds. The number of carboxylic acid groups (broad SMARTS) is 3. The van der Waals surface area contributed by atoms with Crippen LogP contribution in [0.5, 0.6) is 0 Å². The molecule has 4 saturated carbocycles. The second-order valence-electron chi connectivity index (χ2n) is 14.1. The Kier molecular flexibility index (Phi) is 9.93. The van der Waals surface area contributed by atoms with E-state index in [0.29, 0.717) is 37.0 Å². The van der Waals surface area contributed by atoms with Crippen LogP contribution in [0.15, 0.2) is 0 Å². The number of esters is 2. The van der Waals surface area contributed by atoms with Gasteiger partial charge in [-0.05, 0) is 98.2 Å². The lowest BCUT2D eigenvalue weighted by Crippen LogP contribution is -2.59. The number of carbonyl (C=O) groups excluding carboxylic acids is 2. The van der Waals surface area contributed by atoms with Crippen molar-refractivity contribution in [2.45, 2.75) is 123 Å². The van der Waals surface area contributed by atoms with Gasteiger partial charge in [0.15, 0.2) is 0 Å². The van der Waals surface area contributed by atoms with E-state index in [2.05, 4.69) is 20.8 Å². The topological polar surface area (TPSA) is 164 Å². The SMILES string of the molecule is C[C@H](CCC(=O)O)[C@H]1CC[C@H]2[C@@H]3[C@H](OC(=O)CCC(=O)O)CC4C[C@H](OC(=O)CCC(=O)O)CC[C@]4(C)[C@H]3CC[C@]12C. The minimum absolute atomic E-state index is 0.0187. The summed E-state index contributed by atoms with van der Waals surface area (Å²) in [5.41, 5.74) is -0.00215. The second kappa shape index (κ2) is 12.9. The molecule has 3 N–H and O–H groups in total. The van der Waals surface area contributed by atoms with Gasteiger partial charge in [-0.1, -0.05) is 20.8 Å². The Labute approximate surface area is 247 Å². The molecule has 0 spiro atoms. The normalized spacial score (nSPS) is 37.8. The van der Waals surface area contributed by atoms with Gasteiger partial charge in [0.05, 0.1) is 25.7 Å². The van der Waals surface area contributed by atoms with Crippen molar-refractivity contribution in [1.82, 2.24) is 0 Å². The lowest BCUT2D eigenvalue weighted by molar-refractivity contribution is -0.199. The highest BCUT2D eigenvalue weighted by atomic mass is 16.5. The maximum Gasteiger partial charge on any atom is 0.306 e. The Morgan fingerprint density at radius 3 is 1.90 bits per heavy atom. The second-order valence-corrected chi connectivity index (χ2v) is 14.1. The summed E-state index contributed by atoms with van der Waals surface area (Å²) in [5, 5.41) is 27.3. The summed E-state index contributed by atoms with van der Waals surface area (Å²) >= 11 is 0. The van der Waals surface area contributed by atoms with Crippen LogP contribution in [0.1, 0.15) is 111 Å². The molecule has 0 aromatic rings. The minimum Gasteiger partial charge on any atom is -0.481 e. The van der Waals surface area contributed by atoms with E-state index in [1.54, 1.807) is 0 Å². The van der Waals surface area contributed by atoms with Crippen molar-refractivity contribution in [1.29, 1.82) is 0 Å². The molecule has 1 unspecified atom stereocenters. The first-order valence-electron chi connectivity index (χ1n) is 15.8. The largest absolute Gasteiger partial charge is 0.481 e. The van der Waals surface area contributed by atoms with Gasteiger partial charge in [0, 0.05) is 12.3 Å². The molecule has 42 heavy (non-hydrogen) atoms. The predicted octanol–water partition coefficient (Wildman–Crippen LogP) is 5.31. The van der Waals surface area contributed by atoms with Gasteiger partial charge in [-0.15, -0.1) is 0 Å². The standard InChI is InChI=1S/C32H48O10/c1-18(4-7-25(33)34)21-5-6-22-30-23(13-15-32(21,22)3)31(2)14-12-20(41-28(39)10-8-26(35)36)16-19(31)17-24(30)42-29(40)11-9-27(37)38/h18-24,30H,4-17H2,1-3H3,(H,33,34)(H,35,36)(H,37,38)/t18-,19?,20-,21-,22+,23+,24-,30+,31+,32-/m1/s1. The summed E-state index contributed by atoms with van der Waals surface area (Å²) < 4.78 is 11.9. The molecule has 0 heterocycles. The molecule has 0 aromatic heterocycles. The fourth-order valence-electron chi connectivity index (χ4n) is 9.81. The molecule has 0 saturated heterocycles. The van der Waals surface area contributed by atoms with Crippen LogP contribution in [0.2, 0.25) is 0 Å². The molecule has 4 aliphatic rings. The lowest BCUT2D eigenvalue weighted by atomic mass is 9.43. The van der Waals surface area contributed by atoms with Crippen molar-refractivity contribution in [3.63, 3.8) is 0 Å². The number of rotatable bonds is 12. The third-order valence-corrected chi connectivity index (χ3v) is 11.9. The Balaban J connectivity index is 1.55. The molecule has 10 nitrogen and oxygen atoms in total. The Morgan fingerprint density at radius 1 is 0.714 bits per heavy atom. The van der Waals surface area contributed by atoms with Gasteiger partial charge >= 0.3 is 29.8 Å². The van der Waals surface area contributed by atoms with E-state index in [0.717, 1.165) is 38.5 Å². The molecule has 0 bridgehead atoms. The van der Waals surface area contributed by atoms with Crippen molar-refractivity contribution in [3.8, 4) is 0 Å². The van der Waals surface area contributed by atoms with E-state index in [9.17, 15) is 29.1 Å². The van der Waals surface area contributed by atoms with Gasteiger partial charge in [0.25, 0.3) is 0 Å². The Morgan fingerprint density at radius 2 is 1.29 bits per heavy atom. The molecule has 10 atom stereocenters. The summed E-state index contributed by atoms with van der Waals surface area (Å²) in [4.78, 5) is 58.5. The fourth-order valence-corrected chi connectivity index (χ4v) is 9.81. The molecule has 4 fully saturated rings. The van der Waals surface area contributed by atoms with Gasteiger partial charge in [-0.25, -0.2) is 0 Å². The van der Waals surface area contributed by atoms with Crippen molar-refractivity contribution in [2.24, 2.45) is 46.3 Å². The van der Waals surface area contributed by atoms with Crippen LogP contribution < -0.4 is 0 Å². The first-order chi connectivity index (χ1) is 19.7. The van der Waals surface area contributed by atoms with Gasteiger partial charge in [0.1, 0.15) is 12.2 Å². The molecule has 4 aliphatic carbocycles. The average molecular weight is 593 g/mol. The molecular formula is C32H48O10. The minimum atomic E-state index is -1.04. The van der Waals surface area contributed by atoms with Crippen LogP contribution in [0, 0.1) is 46.3 Å². The molecule has 4 rings (SSSR count). The monoisotopic (exact) mass is 592 g/mol. The zero-order valence-corrected chi connectivity index (χ0v) is 25.2. The fraction of sp³-hybridized carbons (Fsp3) is 0.844. The quantitative estimate of drug-likeness (QED) is 0.253. The highest BCUT2D eigenvalue weighted by Gasteiger charge is 2.64. The van der Waals surface area contributed by atoms with Crippen LogP contribution in [-0.2, 0) is 33.4 Å². The van der Waals surface area contributed by atoms with Crippen molar-refractivity contribution < 1.29 is 48.8 Å². The zero-order valence-electron chi connectivity index (χ0n) is 25.2. The summed E-state index contributed by atoms with van der Waals surface area (Å²) in [5.74, 6) is -2.23. The first-order valence-corrected chi connectivity index (χ1v) is 15.8. The number of carbonyl (C=O) groups is 5. The van der Waals surface area contributed by atoms with E-state index >= 15 is 0 Å². The predicted molar refractivity (Wildman–Crippen MR) is 150 cm³/mol. The zero-order chi connectivity index (χ0) is 30.8. The third kappa shape index (κ3) is 6.77. The van der Waals surface area contributed by atoms with Crippen molar-refractivity contribution in [2.75, 3.05) is 0 Å². The average Bonchev–Trinajstić information content (AvgIpc) is 3.27. The lowest BCUT2D eigenvalue weighted by Gasteiger charge is -2.62. The maximum atomic E-state index is 12.9. The summed E-state index contributed by atoms with van der Waals surface area (Å²) in [6, 6.07) is 0. The molecule has 236 valence electrons. The molecule has 0 radical (unpaired) electrons. The Bertz CT molecular complexity index is 1060. The van der Waals surface area contributed by atoms with E-state index < -0.39 is 29.8 Å². The third-order valence-electron chi connectivity index (χ3n) is 11.9. The number of carboxylic acids is 3. The van der Waals surface area contributed by atoms with Gasteiger partial charge in [-0.2, -0.15) is 0 Å². The number of aliphatic carboxylic acids is 3. The highest BCUT2D eigenvalue weighted by molar-refractivity contribution is 5.77. The number of ether oxygens (including phenoxy) is 2. The van der Waals surface area contributed by atoms with Crippen LogP contribution in [0.4, 0.5) is 0 Å². The van der Waals surface area contributed by atoms with Crippen molar-refractivity contribution >= 4 is 29.8 Å². The maximum absolute atomic E-state index is 12.9. The molecular weight excluding hydrogens is 544 g/mol. The number of hydrogen-bond donors (Lipinski definition) is 3. The van der Waals surface area contributed by atoms with Gasteiger partial charge < -0.3 is 24.8 Å². The number of hydrogen-bond acceptors (Lipinski definition) is 7. The number of fused-ring (bicyclic) bond motifs is 5. The molecule has 10 heteroatoms. The molecule has 0 aromatic carbocycles. The molecule has 0 aliphatic heterocycles. The van der Waals surface area contributed by atoms with Crippen LogP contribution >= 0.6 is 0 Å². The Hall–Kier alpha value is -2.65. The van der Waals surface area contributed by atoms with Gasteiger partial charge in [-0.3, -0.25) is 24.0 Å². The van der Waals surface area contributed by atoms with Crippen LogP contribution in [-0.4, -0.2) is 57.4 Å². The van der Waals surface area contributed by atoms with Crippen LogP contribution in [0.25, 0.3) is 0 Å². The van der Waals surface area contributed by atoms with E-state index in [4.69, 9.17) is 19.7 Å². The van der Waals surface area contributed by atoms with E-state index in [-0.39, 0.29) is 72.9 Å².